The summed E-state index contributed by atoms with van der Waals surface area (Å²) in [6.07, 6.45) is 2.72. The Balaban J connectivity index is 1.68. The lowest BCUT2D eigenvalue weighted by molar-refractivity contribution is 0.0321. The quantitative estimate of drug-likeness (QED) is 0.739. The molecule has 2 heterocycles. The molecule has 1 aliphatic heterocycles. The van der Waals surface area contributed by atoms with Gasteiger partial charge in [0.05, 0.1) is 13.2 Å². The summed E-state index contributed by atoms with van der Waals surface area (Å²) in [5.41, 5.74) is 2.41. The van der Waals surface area contributed by atoms with Crippen LogP contribution < -0.4 is 10.4 Å². The highest BCUT2D eigenvalue weighted by atomic mass is 16.5. The molecule has 1 aromatic carbocycles. The predicted molar refractivity (Wildman–Crippen MR) is 118 cm³/mol. The highest BCUT2D eigenvalue weighted by Gasteiger charge is 2.33. The van der Waals surface area contributed by atoms with Crippen LogP contribution in [0.1, 0.15) is 38.5 Å². The summed E-state index contributed by atoms with van der Waals surface area (Å²) < 4.78 is 17.7. The fourth-order valence-electron chi connectivity index (χ4n) is 4.51. The molecular weight excluding hydrogens is 378 g/mol. The molecule has 2 aliphatic rings. The SMILES string of the molecule is CC(C)(C)C1CCc2oc(=O)c(-c3ccccc3)c(OCCN3CCOCC3)c2C1. The molecule has 162 valence electrons. The Labute approximate surface area is 179 Å². The molecule has 1 aliphatic carbocycles. The van der Waals surface area contributed by atoms with E-state index in [2.05, 4.69) is 25.7 Å². The van der Waals surface area contributed by atoms with E-state index >= 15 is 0 Å². The van der Waals surface area contributed by atoms with Gasteiger partial charge in [-0.3, -0.25) is 4.90 Å². The molecule has 0 spiro atoms. The van der Waals surface area contributed by atoms with Gasteiger partial charge >= 0.3 is 5.63 Å². The van der Waals surface area contributed by atoms with Gasteiger partial charge in [0.25, 0.3) is 0 Å². The maximum Gasteiger partial charge on any atom is 0.347 e. The normalized spacial score (nSPS) is 20.0. The first-order valence-corrected chi connectivity index (χ1v) is 11.1. The molecule has 1 atom stereocenters. The number of aryl methyl sites for hydroxylation is 1. The molecule has 1 fully saturated rings. The van der Waals surface area contributed by atoms with Gasteiger partial charge < -0.3 is 13.9 Å². The average molecular weight is 412 g/mol. The minimum absolute atomic E-state index is 0.200. The van der Waals surface area contributed by atoms with Gasteiger partial charge in [-0.2, -0.15) is 0 Å². The Morgan fingerprint density at radius 2 is 1.87 bits per heavy atom. The standard InChI is InChI=1S/C25H33NO4/c1-25(2,3)19-9-10-21-20(17-19)23(29-16-13-26-11-14-28-15-12-26)22(24(27)30-21)18-7-5-4-6-8-18/h4-8,19H,9-17H2,1-3H3. The molecule has 0 bridgehead atoms. The molecule has 1 unspecified atom stereocenters. The lowest BCUT2D eigenvalue weighted by Gasteiger charge is -2.35. The second-order valence-corrected chi connectivity index (χ2v) is 9.47. The molecule has 0 radical (unpaired) electrons. The monoisotopic (exact) mass is 411 g/mol. The Morgan fingerprint density at radius 1 is 1.13 bits per heavy atom. The lowest BCUT2D eigenvalue weighted by atomic mass is 9.71. The zero-order valence-corrected chi connectivity index (χ0v) is 18.4. The van der Waals surface area contributed by atoms with E-state index in [0.29, 0.717) is 18.1 Å². The molecule has 1 saturated heterocycles. The lowest BCUT2D eigenvalue weighted by Crippen LogP contribution is -2.38. The molecule has 5 nitrogen and oxygen atoms in total. The third-order valence-corrected chi connectivity index (χ3v) is 6.47. The van der Waals surface area contributed by atoms with Gasteiger partial charge in [0.1, 0.15) is 23.7 Å². The number of morpholine rings is 1. The van der Waals surface area contributed by atoms with E-state index in [1.807, 2.05) is 30.3 Å². The highest BCUT2D eigenvalue weighted by molar-refractivity contribution is 5.71. The Bertz CT molecular complexity index is 907. The van der Waals surface area contributed by atoms with E-state index in [-0.39, 0.29) is 11.0 Å². The summed E-state index contributed by atoms with van der Waals surface area (Å²) in [6, 6.07) is 9.76. The first-order chi connectivity index (χ1) is 14.4. The van der Waals surface area contributed by atoms with Gasteiger partial charge in [0.2, 0.25) is 0 Å². The van der Waals surface area contributed by atoms with Crippen molar-refractivity contribution in [3.05, 3.63) is 52.1 Å². The van der Waals surface area contributed by atoms with E-state index in [9.17, 15) is 4.79 Å². The van der Waals surface area contributed by atoms with Crippen LogP contribution in [0.5, 0.6) is 5.75 Å². The fourth-order valence-corrected chi connectivity index (χ4v) is 4.51. The van der Waals surface area contributed by atoms with Crippen LogP contribution in [-0.2, 0) is 17.6 Å². The summed E-state index contributed by atoms with van der Waals surface area (Å²) in [5.74, 6) is 2.07. The van der Waals surface area contributed by atoms with Gasteiger partial charge in [-0.25, -0.2) is 4.79 Å². The van der Waals surface area contributed by atoms with Crippen LogP contribution in [0, 0.1) is 11.3 Å². The molecule has 5 heteroatoms. The molecule has 1 aromatic heterocycles. The third kappa shape index (κ3) is 4.62. The van der Waals surface area contributed by atoms with Crippen LogP contribution in [0.4, 0.5) is 0 Å². The summed E-state index contributed by atoms with van der Waals surface area (Å²) in [6.45, 7) is 11.6. The number of hydrogen-bond acceptors (Lipinski definition) is 5. The zero-order chi connectivity index (χ0) is 21.1. The Hall–Kier alpha value is -2.11. The van der Waals surface area contributed by atoms with E-state index in [1.54, 1.807) is 0 Å². The van der Waals surface area contributed by atoms with Crippen molar-refractivity contribution in [3.8, 4) is 16.9 Å². The summed E-state index contributed by atoms with van der Waals surface area (Å²) in [5, 5.41) is 0. The molecule has 4 rings (SSSR count). The van der Waals surface area contributed by atoms with Crippen LogP contribution in [0.3, 0.4) is 0 Å². The van der Waals surface area contributed by atoms with Crippen molar-refractivity contribution in [2.45, 2.75) is 40.0 Å². The van der Waals surface area contributed by atoms with Crippen molar-refractivity contribution in [3.63, 3.8) is 0 Å². The van der Waals surface area contributed by atoms with E-state index in [1.165, 1.54) is 0 Å². The Kier molecular flexibility index (Phi) is 6.30. The van der Waals surface area contributed by atoms with Crippen molar-refractivity contribution in [1.29, 1.82) is 0 Å². The van der Waals surface area contributed by atoms with Crippen LogP contribution in [-0.4, -0.2) is 44.4 Å². The minimum atomic E-state index is -0.296. The summed E-state index contributed by atoms with van der Waals surface area (Å²) in [4.78, 5) is 15.3. The summed E-state index contributed by atoms with van der Waals surface area (Å²) in [7, 11) is 0. The largest absolute Gasteiger partial charge is 0.491 e. The van der Waals surface area contributed by atoms with E-state index in [0.717, 1.165) is 74.7 Å². The molecule has 0 saturated carbocycles. The van der Waals surface area contributed by atoms with Crippen molar-refractivity contribution in [1.82, 2.24) is 4.90 Å². The number of rotatable bonds is 5. The van der Waals surface area contributed by atoms with Gasteiger partial charge in [0.15, 0.2) is 0 Å². The second kappa shape index (κ2) is 8.94. The fraction of sp³-hybridized carbons (Fsp3) is 0.560. The molecular formula is C25H33NO4. The smallest absolute Gasteiger partial charge is 0.347 e. The first-order valence-electron chi connectivity index (χ1n) is 11.1. The molecule has 2 aromatic rings. The van der Waals surface area contributed by atoms with Gasteiger partial charge in [0, 0.05) is 31.6 Å². The minimum Gasteiger partial charge on any atom is -0.491 e. The van der Waals surface area contributed by atoms with Crippen LogP contribution >= 0.6 is 0 Å². The number of fused-ring (bicyclic) bond motifs is 1. The topological polar surface area (TPSA) is 51.9 Å². The summed E-state index contributed by atoms with van der Waals surface area (Å²) >= 11 is 0. The number of nitrogens with zero attached hydrogens (tertiary/aromatic N) is 1. The average Bonchev–Trinajstić information content (AvgIpc) is 2.74. The van der Waals surface area contributed by atoms with Crippen LogP contribution in [0.2, 0.25) is 0 Å². The zero-order valence-electron chi connectivity index (χ0n) is 18.4. The number of ether oxygens (including phenoxy) is 2. The van der Waals surface area contributed by atoms with Crippen molar-refractivity contribution in [2.75, 3.05) is 39.5 Å². The highest BCUT2D eigenvalue weighted by Crippen LogP contribution is 2.42. The van der Waals surface area contributed by atoms with E-state index < -0.39 is 0 Å². The van der Waals surface area contributed by atoms with Crippen molar-refractivity contribution in [2.24, 2.45) is 11.3 Å². The predicted octanol–water partition coefficient (Wildman–Crippen LogP) is 4.17. The number of benzene rings is 1. The molecule has 0 N–H and O–H groups in total. The van der Waals surface area contributed by atoms with Crippen LogP contribution in [0.15, 0.2) is 39.5 Å². The van der Waals surface area contributed by atoms with E-state index in [4.69, 9.17) is 13.9 Å². The maximum absolute atomic E-state index is 13.0. The van der Waals surface area contributed by atoms with Crippen molar-refractivity contribution >= 4 is 0 Å². The van der Waals surface area contributed by atoms with Crippen molar-refractivity contribution < 1.29 is 13.9 Å². The Morgan fingerprint density at radius 3 is 2.57 bits per heavy atom. The van der Waals surface area contributed by atoms with Gasteiger partial charge in [-0.05, 0) is 29.7 Å². The van der Waals surface area contributed by atoms with Gasteiger partial charge in [-0.15, -0.1) is 0 Å². The van der Waals surface area contributed by atoms with Crippen LogP contribution in [0.25, 0.3) is 11.1 Å². The maximum atomic E-state index is 13.0. The number of hydrogen-bond donors (Lipinski definition) is 0. The first kappa shape index (κ1) is 21.1. The molecule has 0 amide bonds. The second-order valence-electron chi connectivity index (χ2n) is 9.47. The van der Waals surface area contributed by atoms with Gasteiger partial charge in [-0.1, -0.05) is 51.1 Å². The third-order valence-electron chi connectivity index (χ3n) is 6.47. The molecule has 30 heavy (non-hydrogen) atoms.